The SMILES string of the molecule is C[C@H](NC(=O)COC(=O)Cc1cn2ccsc2n1)c1ccccc1. The van der Waals surface area contributed by atoms with Crippen molar-refractivity contribution < 1.29 is 14.3 Å². The third-order valence-electron chi connectivity index (χ3n) is 3.51. The highest BCUT2D eigenvalue weighted by atomic mass is 32.1. The molecule has 1 N–H and O–H groups in total. The molecule has 1 aromatic carbocycles. The molecule has 124 valence electrons. The molecule has 0 spiro atoms. The molecule has 3 rings (SSSR count). The van der Waals surface area contributed by atoms with Crippen LogP contribution < -0.4 is 5.32 Å². The molecule has 0 saturated heterocycles. The number of thiazole rings is 1. The predicted octanol–water partition coefficient (Wildman–Crippen LogP) is 2.36. The van der Waals surface area contributed by atoms with Gasteiger partial charge in [0.1, 0.15) is 0 Å². The number of hydrogen-bond donors (Lipinski definition) is 1. The van der Waals surface area contributed by atoms with E-state index in [9.17, 15) is 9.59 Å². The van der Waals surface area contributed by atoms with Crippen molar-refractivity contribution in [2.75, 3.05) is 6.61 Å². The van der Waals surface area contributed by atoms with Gasteiger partial charge in [0, 0.05) is 17.8 Å². The molecule has 0 radical (unpaired) electrons. The summed E-state index contributed by atoms with van der Waals surface area (Å²) in [4.78, 5) is 28.8. The van der Waals surface area contributed by atoms with E-state index >= 15 is 0 Å². The van der Waals surface area contributed by atoms with E-state index in [1.165, 1.54) is 11.3 Å². The average molecular weight is 343 g/mol. The van der Waals surface area contributed by atoms with Crippen LogP contribution in [0.1, 0.15) is 24.2 Å². The molecule has 0 aliphatic heterocycles. The van der Waals surface area contributed by atoms with Gasteiger partial charge < -0.3 is 10.1 Å². The Kier molecular flexibility index (Phi) is 4.90. The van der Waals surface area contributed by atoms with Crippen molar-refractivity contribution in [2.24, 2.45) is 0 Å². The van der Waals surface area contributed by atoms with Crippen molar-refractivity contribution in [3.05, 3.63) is 59.4 Å². The van der Waals surface area contributed by atoms with Crippen LogP contribution in [0.15, 0.2) is 48.1 Å². The number of carbonyl (C=O) groups excluding carboxylic acids is 2. The van der Waals surface area contributed by atoms with Gasteiger partial charge in [0.25, 0.3) is 5.91 Å². The lowest BCUT2D eigenvalue weighted by atomic mass is 10.1. The lowest BCUT2D eigenvalue weighted by molar-refractivity contribution is -0.148. The molecule has 0 aliphatic rings. The Morgan fingerprint density at radius 1 is 1.33 bits per heavy atom. The molecule has 1 atom stereocenters. The normalized spacial score (nSPS) is 12.0. The third-order valence-corrected chi connectivity index (χ3v) is 4.28. The fourth-order valence-corrected chi connectivity index (χ4v) is 3.03. The number of carbonyl (C=O) groups is 2. The largest absolute Gasteiger partial charge is 0.455 e. The molecule has 0 unspecified atom stereocenters. The zero-order valence-electron chi connectivity index (χ0n) is 13.1. The van der Waals surface area contributed by atoms with Crippen molar-refractivity contribution in [1.82, 2.24) is 14.7 Å². The van der Waals surface area contributed by atoms with E-state index in [2.05, 4.69) is 10.3 Å². The molecule has 7 heteroatoms. The summed E-state index contributed by atoms with van der Waals surface area (Å²) in [7, 11) is 0. The first-order valence-corrected chi connectivity index (χ1v) is 8.41. The number of fused-ring (bicyclic) bond motifs is 1. The minimum absolute atomic E-state index is 0.0515. The molecular formula is C17H17N3O3S. The number of ether oxygens (including phenoxy) is 1. The summed E-state index contributed by atoms with van der Waals surface area (Å²) in [6.07, 6.45) is 3.71. The lowest BCUT2D eigenvalue weighted by Crippen LogP contribution is -2.31. The molecule has 0 fully saturated rings. The van der Waals surface area contributed by atoms with Crippen LogP contribution in [0.5, 0.6) is 0 Å². The third kappa shape index (κ3) is 3.99. The van der Waals surface area contributed by atoms with Gasteiger partial charge >= 0.3 is 5.97 Å². The van der Waals surface area contributed by atoms with E-state index in [1.54, 1.807) is 6.20 Å². The molecule has 1 amide bonds. The predicted molar refractivity (Wildman–Crippen MR) is 90.7 cm³/mol. The van der Waals surface area contributed by atoms with Crippen LogP contribution in [-0.2, 0) is 20.7 Å². The Labute approximate surface area is 143 Å². The van der Waals surface area contributed by atoms with Crippen molar-refractivity contribution in [3.63, 3.8) is 0 Å². The number of benzene rings is 1. The fourth-order valence-electron chi connectivity index (χ4n) is 2.31. The molecule has 2 heterocycles. The Bertz CT molecular complexity index is 813. The van der Waals surface area contributed by atoms with Gasteiger partial charge in [-0.2, -0.15) is 0 Å². The minimum atomic E-state index is -0.469. The number of nitrogens with one attached hydrogen (secondary N) is 1. The van der Waals surface area contributed by atoms with E-state index in [-0.39, 0.29) is 25.0 Å². The summed E-state index contributed by atoms with van der Waals surface area (Å²) in [6.45, 7) is 1.59. The molecule has 0 aliphatic carbocycles. The zero-order chi connectivity index (χ0) is 16.9. The van der Waals surface area contributed by atoms with Crippen molar-refractivity contribution >= 4 is 28.2 Å². The molecule has 0 bridgehead atoms. The zero-order valence-corrected chi connectivity index (χ0v) is 14.0. The summed E-state index contributed by atoms with van der Waals surface area (Å²) < 4.78 is 6.87. The molecular weight excluding hydrogens is 326 g/mol. The Morgan fingerprint density at radius 2 is 2.12 bits per heavy atom. The van der Waals surface area contributed by atoms with Crippen LogP contribution in [0.4, 0.5) is 0 Å². The van der Waals surface area contributed by atoms with Crippen molar-refractivity contribution in [3.8, 4) is 0 Å². The maximum atomic E-state index is 11.9. The second kappa shape index (κ2) is 7.27. The number of esters is 1. The summed E-state index contributed by atoms with van der Waals surface area (Å²) in [5, 5.41) is 4.72. The molecule has 6 nitrogen and oxygen atoms in total. The number of nitrogens with zero attached hydrogens (tertiary/aromatic N) is 2. The standard InChI is InChI=1S/C17H17N3O3S/c1-12(13-5-3-2-4-6-13)18-15(21)11-23-16(22)9-14-10-20-7-8-24-17(20)19-14/h2-8,10,12H,9,11H2,1H3,(H,18,21)/t12-/m0/s1. The van der Waals surface area contributed by atoms with Gasteiger partial charge in [0.05, 0.1) is 18.2 Å². The summed E-state index contributed by atoms with van der Waals surface area (Å²) in [6, 6.07) is 9.46. The highest BCUT2D eigenvalue weighted by molar-refractivity contribution is 7.15. The summed E-state index contributed by atoms with van der Waals surface area (Å²) in [5.41, 5.74) is 1.63. The topological polar surface area (TPSA) is 72.7 Å². The average Bonchev–Trinajstić information content (AvgIpc) is 3.15. The quantitative estimate of drug-likeness (QED) is 0.698. The maximum absolute atomic E-state index is 11.9. The lowest BCUT2D eigenvalue weighted by Gasteiger charge is -2.14. The van der Waals surface area contributed by atoms with Gasteiger partial charge in [0.2, 0.25) is 0 Å². The number of imidazole rings is 1. The number of amides is 1. The number of hydrogen-bond acceptors (Lipinski definition) is 5. The van der Waals surface area contributed by atoms with Gasteiger partial charge in [-0.1, -0.05) is 30.3 Å². The van der Waals surface area contributed by atoms with Gasteiger partial charge in [-0.3, -0.25) is 14.0 Å². The van der Waals surface area contributed by atoms with Crippen LogP contribution in [-0.4, -0.2) is 27.9 Å². The molecule has 24 heavy (non-hydrogen) atoms. The fraction of sp³-hybridized carbons (Fsp3) is 0.235. The first-order chi connectivity index (χ1) is 11.6. The van der Waals surface area contributed by atoms with Crippen LogP contribution in [0, 0.1) is 0 Å². The van der Waals surface area contributed by atoms with Crippen molar-refractivity contribution in [1.29, 1.82) is 0 Å². The molecule has 2 aromatic heterocycles. The van der Waals surface area contributed by atoms with E-state index in [0.29, 0.717) is 5.69 Å². The highest BCUT2D eigenvalue weighted by Crippen LogP contribution is 2.12. The Morgan fingerprint density at radius 3 is 2.88 bits per heavy atom. The highest BCUT2D eigenvalue weighted by Gasteiger charge is 2.13. The van der Waals surface area contributed by atoms with Gasteiger partial charge in [-0.05, 0) is 12.5 Å². The number of rotatable bonds is 6. The van der Waals surface area contributed by atoms with Crippen LogP contribution >= 0.6 is 11.3 Å². The molecule has 3 aromatic rings. The Balaban J connectivity index is 1.45. The molecule has 0 saturated carbocycles. The monoisotopic (exact) mass is 343 g/mol. The second-order valence-electron chi connectivity index (χ2n) is 5.36. The smallest absolute Gasteiger partial charge is 0.312 e. The van der Waals surface area contributed by atoms with Gasteiger partial charge in [0.15, 0.2) is 11.6 Å². The second-order valence-corrected chi connectivity index (χ2v) is 6.24. The number of aromatic nitrogens is 2. The van der Waals surface area contributed by atoms with E-state index < -0.39 is 5.97 Å². The van der Waals surface area contributed by atoms with E-state index in [4.69, 9.17) is 4.74 Å². The Hall–Kier alpha value is -2.67. The minimum Gasteiger partial charge on any atom is -0.455 e. The van der Waals surface area contributed by atoms with Crippen LogP contribution in [0.25, 0.3) is 4.96 Å². The van der Waals surface area contributed by atoms with Gasteiger partial charge in [-0.15, -0.1) is 11.3 Å². The summed E-state index contributed by atoms with van der Waals surface area (Å²) >= 11 is 1.49. The van der Waals surface area contributed by atoms with E-state index in [0.717, 1.165) is 10.5 Å². The van der Waals surface area contributed by atoms with Crippen LogP contribution in [0.2, 0.25) is 0 Å². The van der Waals surface area contributed by atoms with Crippen LogP contribution in [0.3, 0.4) is 0 Å². The first kappa shape index (κ1) is 16.2. The van der Waals surface area contributed by atoms with Crippen molar-refractivity contribution in [2.45, 2.75) is 19.4 Å². The maximum Gasteiger partial charge on any atom is 0.312 e. The van der Waals surface area contributed by atoms with E-state index in [1.807, 2.05) is 53.2 Å². The van der Waals surface area contributed by atoms with Gasteiger partial charge in [-0.25, -0.2) is 4.98 Å². The summed E-state index contributed by atoms with van der Waals surface area (Å²) in [5.74, 6) is -0.797. The first-order valence-electron chi connectivity index (χ1n) is 7.53.